The first-order valence-electron chi connectivity index (χ1n) is 11.0. The van der Waals surface area contributed by atoms with Crippen molar-refractivity contribution in [3.63, 3.8) is 0 Å². The number of anilines is 1. The molecule has 0 spiro atoms. The predicted molar refractivity (Wildman–Crippen MR) is 136 cm³/mol. The highest BCUT2D eigenvalue weighted by Crippen LogP contribution is 2.37. The van der Waals surface area contributed by atoms with Gasteiger partial charge in [0.15, 0.2) is 11.5 Å². The second-order valence-electron chi connectivity index (χ2n) is 8.02. The summed E-state index contributed by atoms with van der Waals surface area (Å²) in [5, 5.41) is 2.89. The number of para-hydroxylation sites is 1. The van der Waals surface area contributed by atoms with Gasteiger partial charge in [-0.15, -0.1) is 0 Å². The van der Waals surface area contributed by atoms with Gasteiger partial charge >= 0.3 is 0 Å². The molecular weight excluding hydrogens is 487 g/mol. The van der Waals surface area contributed by atoms with Gasteiger partial charge in [-0.1, -0.05) is 36.4 Å². The molecule has 0 heterocycles. The van der Waals surface area contributed by atoms with Crippen LogP contribution in [0.5, 0.6) is 17.2 Å². The molecule has 0 saturated carbocycles. The molecule has 0 bridgehead atoms. The van der Waals surface area contributed by atoms with Gasteiger partial charge in [-0.3, -0.25) is 9.10 Å². The van der Waals surface area contributed by atoms with Gasteiger partial charge in [0.2, 0.25) is 10.0 Å². The minimum absolute atomic E-state index is 0.0103. The maximum absolute atomic E-state index is 14.5. The van der Waals surface area contributed by atoms with E-state index in [1.54, 1.807) is 19.1 Å². The van der Waals surface area contributed by atoms with Crippen LogP contribution in [0.4, 0.5) is 10.1 Å². The largest absolute Gasteiger partial charge is 0.496 e. The minimum atomic E-state index is -3.95. The number of sulfonamides is 1. The first-order chi connectivity index (χ1) is 17.1. The van der Waals surface area contributed by atoms with Crippen molar-refractivity contribution in [3.8, 4) is 17.2 Å². The number of carbonyl (C=O) groups is 1. The molecule has 0 aliphatic carbocycles. The van der Waals surface area contributed by atoms with Crippen molar-refractivity contribution in [2.45, 2.75) is 19.5 Å². The fraction of sp³-hybridized carbons (Fsp3) is 0.269. The lowest BCUT2D eigenvalue weighted by Crippen LogP contribution is -2.34. The summed E-state index contributed by atoms with van der Waals surface area (Å²) >= 11 is 0. The number of nitrogens with one attached hydrogen (secondary N) is 1. The molecule has 3 rings (SSSR count). The lowest BCUT2D eigenvalue weighted by Gasteiger charge is -2.27. The molecule has 0 aliphatic heterocycles. The topological polar surface area (TPSA) is 94.2 Å². The van der Waals surface area contributed by atoms with E-state index in [4.69, 9.17) is 14.2 Å². The number of hydrogen-bond donors (Lipinski definition) is 1. The van der Waals surface area contributed by atoms with E-state index in [1.165, 1.54) is 51.7 Å². The summed E-state index contributed by atoms with van der Waals surface area (Å²) in [6, 6.07) is 15.4. The fourth-order valence-electron chi connectivity index (χ4n) is 3.80. The number of hydrogen-bond acceptors (Lipinski definition) is 6. The Labute approximate surface area is 210 Å². The van der Waals surface area contributed by atoms with Crippen LogP contribution in [0.2, 0.25) is 0 Å². The molecule has 1 N–H and O–H groups in total. The number of halogens is 1. The zero-order valence-electron chi connectivity index (χ0n) is 20.7. The Hall–Kier alpha value is -3.79. The number of rotatable bonds is 10. The third kappa shape index (κ3) is 5.88. The summed E-state index contributed by atoms with van der Waals surface area (Å²) in [7, 11) is 0.382. The zero-order valence-corrected chi connectivity index (χ0v) is 21.6. The quantitative estimate of drug-likeness (QED) is 0.432. The molecule has 36 heavy (non-hydrogen) atoms. The summed E-state index contributed by atoms with van der Waals surface area (Å²) in [5.41, 5.74) is 0.910. The van der Waals surface area contributed by atoms with E-state index in [1.807, 2.05) is 18.2 Å². The average molecular weight is 517 g/mol. The van der Waals surface area contributed by atoms with Crippen LogP contribution in [0.15, 0.2) is 60.7 Å². The molecule has 1 atom stereocenters. The predicted octanol–water partition coefficient (Wildman–Crippen LogP) is 4.31. The summed E-state index contributed by atoms with van der Waals surface area (Å²) in [5.74, 6) is -0.0937. The molecule has 3 aromatic carbocycles. The van der Waals surface area contributed by atoms with E-state index in [2.05, 4.69) is 5.32 Å². The van der Waals surface area contributed by atoms with E-state index in [-0.39, 0.29) is 34.9 Å². The van der Waals surface area contributed by atoms with E-state index in [0.29, 0.717) is 5.75 Å². The van der Waals surface area contributed by atoms with Crippen molar-refractivity contribution < 1.29 is 31.8 Å². The van der Waals surface area contributed by atoms with Crippen LogP contribution in [0.1, 0.15) is 34.5 Å². The number of carbonyl (C=O) groups excluding carboxylic acids is 1. The first-order valence-corrected chi connectivity index (χ1v) is 12.9. The van der Waals surface area contributed by atoms with Gasteiger partial charge in [-0.25, -0.2) is 12.8 Å². The molecule has 0 unspecified atom stereocenters. The van der Waals surface area contributed by atoms with Crippen LogP contribution < -0.4 is 23.8 Å². The first kappa shape index (κ1) is 26.8. The van der Waals surface area contributed by atoms with E-state index in [0.717, 1.165) is 16.1 Å². The molecule has 0 saturated heterocycles. The third-order valence-corrected chi connectivity index (χ3v) is 6.77. The van der Waals surface area contributed by atoms with Crippen LogP contribution in [0.25, 0.3) is 0 Å². The molecule has 0 fully saturated rings. The van der Waals surface area contributed by atoms with Crippen molar-refractivity contribution in [1.82, 2.24) is 5.32 Å². The standard InChI is InChI=1S/C26H29FN2O6S/c1-17(19-11-7-9-13-23(19)33-2)28-26(30)20-14-24(34-3)25(35-4)15-22(20)29(36(5,31)32)16-18-10-6-8-12-21(18)27/h6-15,17H,16H2,1-5H3,(H,28,30)/t17-/m0/s1. The maximum atomic E-state index is 14.5. The third-order valence-electron chi connectivity index (χ3n) is 5.64. The summed E-state index contributed by atoms with van der Waals surface area (Å²) < 4.78 is 57.3. The number of amides is 1. The van der Waals surface area contributed by atoms with Gasteiger partial charge < -0.3 is 19.5 Å². The van der Waals surface area contributed by atoms with Crippen molar-refractivity contribution in [3.05, 3.63) is 83.2 Å². The van der Waals surface area contributed by atoms with Gasteiger partial charge in [0, 0.05) is 17.2 Å². The molecular formula is C26H29FN2O6S. The number of nitrogens with zero attached hydrogens (tertiary/aromatic N) is 1. The number of ether oxygens (including phenoxy) is 3. The Morgan fingerprint density at radius 2 is 1.53 bits per heavy atom. The van der Waals surface area contributed by atoms with Crippen LogP contribution in [-0.2, 0) is 16.6 Å². The summed E-state index contributed by atoms with van der Waals surface area (Å²) in [6.45, 7) is 1.45. The molecule has 8 nitrogen and oxygen atoms in total. The van der Waals surface area contributed by atoms with E-state index < -0.39 is 27.8 Å². The monoisotopic (exact) mass is 516 g/mol. The smallest absolute Gasteiger partial charge is 0.254 e. The Morgan fingerprint density at radius 1 is 0.944 bits per heavy atom. The Morgan fingerprint density at radius 3 is 2.14 bits per heavy atom. The van der Waals surface area contributed by atoms with Crippen LogP contribution in [-0.4, -0.2) is 41.9 Å². The number of benzene rings is 3. The average Bonchev–Trinajstić information content (AvgIpc) is 2.86. The Kier molecular flexibility index (Phi) is 8.41. The molecule has 0 aromatic heterocycles. The highest BCUT2D eigenvalue weighted by atomic mass is 32.2. The van der Waals surface area contributed by atoms with Crippen LogP contribution in [0, 0.1) is 5.82 Å². The van der Waals surface area contributed by atoms with Gasteiger partial charge in [-0.05, 0) is 25.1 Å². The molecule has 0 aliphatic rings. The summed E-state index contributed by atoms with van der Waals surface area (Å²) in [6.07, 6.45) is 0.990. The van der Waals surface area contributed by atoms with Crippen molar-refractivity contribution in [2.24, 2.45) is 0 Å². The minimum Gasteiger partial charge on any atom is -0.496 e. The molecule has 3 aromatic rings. The van der Waals surface area contributed by atoms with E-state index >= 15 is 0 Å². The Bertz CT molecular complexity index is 1350. The Balaban J connectivity index is 2.12. The van der Waals surface area contributed by atoms with Crippen molar-refractivity contribution >= 4 is 21.6 Å². The SMILES string of the molecule is COc1cc(C(=O)N[C@@H](C)c2ccccc2OC)c(N(Cc2ccccc2F)S(C)(=O)=O)cc1OC. The maximum Gasteiger partial charge on any atom is 0.254 e. The highest BCUT2D eigenvalue weighted by Gasteiger charge is 2.28. The fourth-order valence-corrected chi connectivity index (χ4v) is 4.68. The van der Waals surface area contributed by atoms with Crippen LogP contribution in [0.3, 0.4) is 0 Å². The van der Waals surface area contributed by atoms with Crippen molar-refractivity contribution in [2.75, 3.05) is 31.9 Å². The zero-order chi connectivity index (χ0) is 26.5. The second-order valence-corrected chi connectivity index (χ2v) is 9.93. The van der Waals surface area contributed by atoms with E-state index in [9.17, 15) is 17.6 Å². The van der Waals surface area contributed by atoms with Gasteiger partial charge in [0.05, 0.1) is 51.4 Å². The van der Waals surface area contributed by atoms with Crippen LogP contribution >= 0.6 is 0 Å². The molecule has 0 radical (unpaired) electrons. The lowest BCUT2D eigenvalue weighted by molar-refractivity contribution is 0.0939. The van der Waals surface area contributed by atoms with Gasteiger partial charge in [-0.2, -0.15) is 0 Å². The second kappa shape index (κ2) is 11.3. The summed E-state index contributed by atoms with van der Waals surface area (Å²) in [4.78, 5) is 13.5. The van der Waals surface area contributed by atoms with Gasteiger partial charge in [0.25, 0.3) is 5.91 Å². The van der Waals surface area contributed by atoms with Crippen molar-refractivity contribution in [1.29, 1.82) is 0 Å². The molecule has 1 amide bonds. The van der Waals surface area contributed by atoms with Gasteiger partial charge in [0.1, 0.15) is 11.6 Å². The number of methoxy groups -OCH3 is 3. The molecule has 10 heteroatoms. The highest BCUT2D eigenvalue weighted by molar-refractivity contribution is 7.92. The molecule has 192 valence electrons. The normalized spacial score (nSPS) is 11.9. The lowest BCUT2D eigenvalue weighted by atomic mass is 10.1.